The minimum atomic E-state index is -0.369. The van der Waals surface area contributed by atoms with Crippen LogP contribution in [0, 0.1) is 5.82 Å². The first-order chi connectivity index (χ1) is 6.65. The lowest BCUT2D eigenvalue weighted by molar-refractivity contribution is 0.471. The summed E-state index contributed by atoms with van der Waals surface area (Å²) in [6, 6.07) is 3.83. The third-order valence-electron chi connectivity index (χ3n) is 1.80. The Kier molecular flexibility index (Phi) is 3.40. The molecule has 2 nitrogen and oxygen atoms in total. The summed E-state index contributed by atoms with van der Waals surface area (Å²) in [5.41, 5.74) is 1.19. The van der Waals surface area contributed by atoms with E-state index in [2.05, 4.69) is 4.99 Å². The monoisotopic (exact) mass is 193 g/mol. The number of aromatic hydroxyl groups is 1. The van der Waals surface area contributed by atoms with Crippen molar-refractivity contribution in [1.82, 2.24) is 0 Å². The van der Waals surface area contributed by atoms with Crippen LogP contribution in [0.5, 0.6) is 5.75 Å². The highest BCUT2D eigenvalue weighted by Crippen LogP contribution is 2.25. The minimum Gasteiger partial charge on any atom is -0.507 e. The number of halogens is 1. The normalized spacial score (nSPS) is 12.4. The first-order valence-corrected chi connectivity index (χ1v) is 4.28. The average Bonchev–Trinajstić information content (AvgIpc) is 2.18. The molecule has 0 saturated carbocycles. The second-order valence-electron chi connectivity index (χ2n) is 2.88. The number of phenolic OH excluding ortho intramolecular Hbond substituents is 1. The molecule has 0 atom stereocenters. The number of benzene rings is 1. The quantitative estimate of drug-likeness (QED) is 0.719. The maximum absolute atomic E-state index is 12.9. The van der Waals surface area contributed by atoms with Gasteiger partial charge in [0, 0.05) is 18.0 Å². The molecule has 1 rings (SSSR count). The fourth-order valence-electron chi connectivity index (χ4n) is 1.08. The van der Waals surface area contributed by atoms with Crippen LogP contribution >= 0.6 is 0 Å². The Balaban J connectivity index is 3.11. The molecule has 74 valence electrons. The van der Waals surface area contributed by atoms with Crippen molar-refractivity contribution < 1.29 is 9.50 Å². The summed E-state index contributed by atoms with van der Waals surface area (Å²) < 4.78 is 12.9. The van der Waals surface area contributed by atoms with Crippen LogP contribution in [0.1, 0.15) is 19.4 Å². The molecule has 0 spiro atoms. The Morgan fingerprint density at radius 3 is 2.86 bits per heavy atom. The molecule has 0 aliphatic heterocycles. The molecular weight excluding hydrogens is 181 g/mol. The summed E-state index contributed by atoms with van der Waals surface area (Å²) in [5, 5.41) is 9.45. The molecule has 0 amide bonds. The fourth-order valence-corrected chi connectivity index (χ4v) is 1.08. The third-order valence-corrected chi connectivity index (χ3v) is 1.80. The van der Waals surface area contributed by atoms with Crippen molar-refractivity contribution >= 4 is 11.8 Å². The second kappa shape index (κ2) is 4.56. The Morgan fingerprint density at radius 2 is 2.21 bits per heavy atom. The highest BCUT2D eigenvalue weighted by molar-refractivity contribution is 5.69. The van der Waals surface area contributed by atoms with Crippen LogP contribution in [0.3, 0.4) is 0 Å². The number of phenols is 1. The van der Waals surface area contributed by atoms with Gasteiger partial charge in [0.15, 0.2) is 0 Å². The van der Waals surface area contributed by atoms with Crippen LogP contribution in [0.2, 0.25) is 0 Å². The van der Waals surface area contributed by atoms with Crippen LogP contribution in [0.25, 0.3) is 5.57 Å². The topological polar surface area (TPSA) is 32.6 Å². The van der Waals surface area contributed by atoms with E-state index in [0.29, 0.717) is 5.56 Å². The molecule has 0 aliphatic rings. The summed E-state index contributed by atoms with van der Waals surface area (Å²) in [5.74, 6) is -0.308. The number of hydrogen-bond acceptors (Lipinski definition) is 2. The van der Waals surface area contributed by atoms with Gasteiger partial charge in [-0.15, -0.1) is 0 Å². The van der Waals surface area contributed by atoms with Gasteiger partial charge < -0.3 is 5.11 Å². The summed E-state index contributed by atoms with van der Waals surface area (Å²) >= 11 is 0. The smallest absolute Gasteiger partial charge is 0.124 e. The predicted octanol–water partition coefficient (Wildman–Crippen LogP) is 2.98. The molecule has 0 unspecified atom stereocenters. The van der Waals surface area contributed by atoms with Gasteiger partial charge in [-0.3, -0.25) is 4.99 Å². The van der Waals surface area contributed by atoms with Crippen LogP contribution in [0.15, 0.2) is 29.4 Å². The highest BCUT2D eigenvalue weighted by atomic mass is 19.1. The van der Waals surface area contributed by atoms with Crippen molar-refractivity contribution in [3.05, 3.63) is 35.8 Å². The van der Waals surface area contributed by atoms with E-state index in [9.17, 15) is 9.50 Å². The molecule has 0 heterocycles. The molecule has 14 heavy (non-hydrogen) atoms. The van der Waals surface area contributed by atoms with Crippen molar-refractivity contribution in [3.63, 3.8) is 0 Å². The van der Waals surface area contributed by atoms with Crippen molar-refractivity contribution in [2.24, 2.45) is 4.99 Å². The van der Waals surface area contributed by atoms with Crippen molar-refractivity contribution in [1.29, 1.82) is 0 Å². The predicted molar refractivity (Wildman–Crippen MR) is 55.9 cm³/mol. The molecule has 0 saturated heterocycles. The van der Waals surface area contributed by atoms with Gasteiger partial charge in [-0.05, 0) is 37.6 Å². The number of aliphatic imine (C=N–C) groups is 1. The van der Waals surface area contributed by atoms with Crippen LogP contribution in [-0.4, -0.2) is 11.3 Å². The summed E-state index contributed by atoms with van der Waals surface area (Å²) in [6.45, 7) is 3.55. The first-order valence-electron chi connectivity index (χ1n) is 4.28. The minimum absolute atomic E-state index is 0.0615. The van der Waals surface area contributed by atoms with Crippen molar-refractivity contribution in [3.8, 4) is 5.75 Å². The fraction of sp³-hybridized carbons (Fsp3) is 0.182. The zero-order valence-electron chi connectivity index (χ0n) is 8.16. The standard InChI is InChI=1S/C11H12FNO/c1-3-13-7-8(2)10-6-9(12)4-5-11(10)14/h3-7,14H,1-2H3. The molecule has 1 N–H and O–H groups in total. The number of allylic oxidation sites excluding steroid dienone is 1. The summed E-state index contributed by atoms with van der Waals surface area (Å²) in [7, 11) is 0. The molecule has 0 fully saturated rings. The van der Waals surface area contributed by atoms with Gasteiger partial charge in [-0.1, -0.05) is 0 Å². The average molecular weight is 193 g/mol. The van der Waals surface area contributed by atoms with Crippen LogP contribution in [-0.2, 0) is 0 Å². The number of hydrogen-bond donors (Lipinski definition) is 1. The second-order valence-corrected chi connectivity index (χ2v) is 2.88. The lowest BCUT2D eigenvalue weighted by Crippen LogP contribution is -1.83. The van der Waals surface area contributed by atoms with Gasteiger partial charge in [0.1, 0.15) is 11.6 Å². The Bertz CT molecular complexity index is 383. The van der Waals surface area contributed by atoms with E-state index in [0.717, 1.165) is 5.57 Å². The van der Waals surface area contributed by atoms with Crippen LogP contribution in [0.4, 0.5) is 4.39 Å². The summed E-state index contributed by atoms with van der Waals surface area (Å²) in [4.78, 5) is 3.90. The maximum Gasteiger partial charge on any atom is 0.124 e. The largest absolute Gasteiger partial charge is 0.507 e. The van der Waals surface area contributed by atoms with Gasteiger partial charge in [-0.25, -0.2) is 4.39 Å². The van der Waals surface area contributed by atoms with E-state index in [1.165, 1.54) is 18.2 Å². The molecular formula is C11H12FNO. The van der Waals surface area contributed by atoms with E-state index in [1.54, 1.807) is 26.3 Å². The molecule has 1 aromatic carbocycles. The molecule has 1 aromatic rings. The number of nitrogens with zero attached hydrogens (tertiary/aromatic N) is 1. The molecule has 0 aliphatic carbocycles. The Hall–Kier alpha value is -1.64. The molecule has 0 radical (unpaired) electrons. The Morgan fingerprint density at radius 1 is 1.50 bits per heavy atom. The lowest BCUT2D eigenvalue weighted by Gasteiger charge is -2.03. The van der Waals surface area contributed by atoms with Crippen molar-refractivity contribution in [2.45, 2.75) is 13.8 Å². The lowest BCUT2D eigenvalue weighted by atomic mass is 10.1. The molecule has 0 bridgehead atoms. The highest BCUT2D eigenvalue weighted by Gasteiger charge is 2.03. The first kappa shape index (κ1) is 10.4. The van der Waals surface area contributed by atoms with Gasteiger partial charge in [0.05, 0.1) is 0 Å². The van der Waals surface area contributed by atoms with E-state index in [1.807, 2.05) is 0 Å². The van der Waals surface area contributed by atoms with E-state index in [4.69, 9.17) is 0 Å². The zero-order chi connectivity index (χ0) is 10.6. The summed E-state index contributed by atoms with van der Waals surface area (Å²) in [6.07, 6.45) is 3.20. The SMILES string of the molecule is CC=NC=C(C)c1cc(F)ccc1O. The van der Waals surface area contributed by atoms with E-state index in [-0.39, 0.29) is 11.6 Å². The van der Waals surface area contributed by atoms with E-state index >= 15 is 0 Å². The van der Waals surface area contributed by atoms with E-state index < -0.39 is 0 Å². The maximum atomic E-state index is 12.9. The third kappa shape index (κ3) is 2.42. The van der Waals surface area contributed by atoms with Crippen LogP contribution < -0.4 is 0 Å². The van der Waals surface area contributed by atoms with Gasteiger partial charge in [0.2, 0.25) is 0 Å². The van der Waals surface area contributed by atoms with Gasteiger partial charge in [0.25, 0.3) is 0 Å². The zero-order valence-corrected chi connectivity index (χ0v) is 8.16. The Labute approximate surface area is 82.4 Å². The molecule has 3 heteroatoms. The number of rotatable bonds is 2. The van der Waals surface area contributed by atoms with Gasteiger partial charge in [-0.2, -0.15) is 0 Å². The van der Waals surface area contributed by atoms with Crippen molar-refractivity contribution in [2.75, 3.05) is 0 Å². The molecule has 0 aromatic heterocycles. The van der Waals surface area contributed by atoms with Gasteiger partial charge >= 0.3 is 0 Å².